The summed E-state index contributed by atoms with van der Waals surface area (Å²) in [5.41, 5.74) is -5.65. The van der Waals surface area contributed by atoms with E-state index in [0.29, 0.717) is 6.07 Å². The lowest BCUT2D eigenvalue weighted by Crippen LogP contribution is -2.36. The quantitative estimate of drug-likeness (QED) is 0.416. The minimum absolute atomic E-state index is 0.0920. The van der Waals surface area contributed by atoms with Crippen LogP contribution in [0.25, 0.3) is 11.5 Å². The minimum Gasteiger partial charge on any atom is -0.493 e. The molecule has 0 atom stereocenters. The van der Waals surface area contributed by atoms with Gasteiger partial charge in [-0.3, -0.25) is 4.79 Å². The highest BCUT2D eigenvalue weighted by Crippen LogP contribution is 2.47. The SMILES string of the molecule is COc1csnc1-c1nc(C(F)(F)C(F)(F)F)c(Oc2ccc(Cl)c(C(F)(F)F)c2)c(=O)[nH]1. The van der Waals surface area contributed by atoms with E-state index in [0.717, 1.165) is 24.7 Å². The topological polar surface area (TPSA) is 77.1 Å². The van der Waals surface area contributed by atoms with Crippen LogP contribution in [0.4, 0.5) is 35.1 Å². The normalized spacial score (nSPS) is 12.7. The maximum atomic E-state index is 14.3. The van der Waals surface area contributed by atoms with Crippen LogP contribution in [0.2, 0.25) is 5.02 Å². The zero-order valence-corrected chi connectivity index (χ0v) is 17.3. The van der Waals surface area contributed by atoms with Gasteiger partial charge in [-0.1, -0.05) is 11.6 Å². The zero-order chi connectivity index (χ0) is 24.8. The second-order valence-electron chi connectivity index (χ2n) is 6.14. The molecule has 1 N–H and O–H groups in total. The fraction of sp³-hybridized carbons (Fsp3) is 0.235. The summed E-state index contributed by atoms with van der Waals surface area (Å²) in [7, 11) is 1.15. The third-order valence-electron chi connectivity index (χ3n) is 3.97. The molecular formula is C17H8ClF8N3O3S. The highest BCUT2D eigenvalue weighted by Gasteiger charge is 2.62. The standard InChI is InChI=1S/C17H8ClF8N3O3S/c1-31-9-5-33-29-10(9)13-27-12(15(19,20)17(24,25)26)11(14(30)28-13)32-6-2-3-8(18)7(4-6)16(21,22)23/h2-5H,1H3,(H,27,28,30). The lowest BCUT2D eigenvalue weighted by atomic mass is 10.2. The van der Waals surface area contributed by atoms with E-state index < -0.39 is 57.4 Å². The fourth-order valence-electron chi connectivity index (χ4n) is 2.45. The fourth-order valence-corrected chi connectivity index (χ4v) is 3.31. The highest BCUT2D eigenvalue weighted by molar-refractivity contribution is 7.04. The molecule has 0 bridgehead atoms. The molecule has 3 aromatic rings. The van der Waals surface area contributed by atoms with Crippen molar-refractivity contribution in [2.75, 3.05) is 7.11 Å². The summed E-state index contributed by atoms with van der Waals surface area (Å²) in [6.07, 6.45) is -11.2. The predicted octanol–water partition coefficient (Wildman–Crippen LogP) is 6.02. The van der Waals surface area contributed by atoms with E-state index >= 15 is 0 Å². The zero-order valence-electron chi connectivity index (χ0n) is 15.7. The number of H-pyrrole nitrogens is 1. The molecule has 178 valence electrons. The van der Waals surface area contributed by atoms with Gasteiger partial charge >= 0.3 is 18.3 Å². The van der Waals surface area contributed by atoms with E-state index in [1.807, 2.05) is 4.98 Å². The van der Waals surface area contributed by atoms with E-state index in [2.05, 4.69) is 9.36 Å². The number of nitrogens with zero attached hydrogens (tertiary/aromatic N) is 2. The first kappa shape index (κ1) is 24.7. The molecule has 0 radical (unpaired) electrons. The number of halogens is 9. The van der Waals surface area contributed by atoms with Gasteiger partial charge in [0.15, 0.2) is 23.0 Å². The van der Waals surface area contributed by atoms with E-state index in [9.17, 15) is 39.9 Å². The Labute approximate surface area is 186 Å². The molecule has 0 saturated carbocycles. The number of methoxy groups -OCH3 is 1. The van der Waals surface area contributed by atoms with Gasteiger partial charge in [0.05, 0.1) is 23.1 Å². The number of rotatable bonds is 5. The molecule has 0 aliphatic heterocycles. The van der Waals surface area contributed by atoms with Crippen LogP contribution in [0.1, 0.15) is 11.3 Å². The Morgan fingerprint density at radius 1 is 1.09 bits per heavy atom. The first-order valence-electron chi connectivity index (χ1n) is 8.29. The Morgan fingerprint density at radius 3 is 2.33 bits per heavy atom. The van der Waals surface area contributed by atoms with Gasteiger partial charge < -0.3 is 14.5 Å². The summed E-state index contributed by atoms with van der Waals surface area (Å²) >= 11 is 6.17. The first-order chi connectivity index (χ1) is 15.2. The maximum absolute atomic E-state index is 14.3. The lowest BCUT2D eigenvalue weighted by Gasteiger charge is -2.21. The number of hydrogen-bond donors (Lipinski definition) is 1. The molecule has 0 amide bonds. The number of alkyl halides is 8. The van der Waals surface area contributed by atoms with E-state index in [1.165, 1.54) is 5.38 Å². The van der Waals surface area contributed by atoms with Crippen molar-refractivity contribution in [2.45, 2.75) is 18.3 Å². The van der Waals surface area contributed by atoms with Crippen molar-refractivity contribution in [2.24, 2.45) is 0 Å². The average molecular weight is 522 g/mol. The number of aromatic amines is 1. The van der Waals surface area contributed by atoms with Crippen molar-refractivity contribution in [3.8, 4) is 28.8 Å². The van der Waals surface area contributed by atoms with Crippen molar-refractivity contribution in [1.82, 2.24) is 14.3 Å². The Bertz CT molecular complexity index is 1240. The maximum Gasteiger partial charge on any atom is 0.459 e. The second-order valence-corrected chi connectivity index (χ2v) is 7.17. The summed E-state index contributed by atoms with van der Waals surface area (Å²) in [5.74, 6) is -9.20. The van der Waals surface area contributed by atoms with Crippen LogP contribution in [0.15, 0.2) is 28.4 Å². The molecule has 0 aliphatic carbocycles. The van der Waals surface area contributed by atoms with Crippen molar-refractivity contribution >= 4 is 23.1 Å². The van der Waals surface area contributed by atoms with Gasteiger partial charge in [-0.2, -0.15) is 39.5 Å². The molecule has 0 saturated heterocycles. The molecule has 3 rings (SSSR count). The summed E-state index contributed by atoms with van der Waals surface area (Å²) in [6.45, 7) is 0. The van der Waals surface area contributed by atoms with Crippen molar-refractivity contribution in [3.05, 3.63) is 50.2 Å². The molecular weight excluding hydrogens is 514 g/mol. The van der Waals surface area contributed by atoms with Crippen LogP contribution in [0, 0.1) is 0 Å². The molecule has 33 heavy (non-hydrogen) atoms. The van der Waals surface area contributed by atoms with Crippen molar-refractivity contribution in [3.63, 3.8) is 0 Å². The summed E-state index contributed by atoms with van der Waals surface area (Å²) < 4.78 is 120. The first-order valence-corrected chi connectivity index (χ1v) is 9.51. The predicted molar refractivity (Wildman–Crippen MR) is 99.0 cm³/mol. The van der Waals surface area contributed by atoms with Crippen LogP contribution >= 0.6 is 23.1 Å². The summed E-state index contributed by atoms with van der Waals surface area (Å²) in [5, 5.41) is 0.460. The van der Waals surface area contributed by atoms with Gasteiger partial charge in [0, 0.05) is 0 Å². The molecule has 1 aromatic carbocycles. The van der Waals surface area contributed by atoms with Gasteiger partial charge in [-0.25, -0.2) is 4.98 Å². The van der Waals surface area contributed by atoms with E-state index in [-0.39, 0.29) is 17.5 Å². The number of hydrogen-bond acceptors (Lipinski definition) is 6. The largest absolute Gasteiger partial charge is 0.493 e. The molecule has 0 spiro atoms. The van der Waals surface area contributed by atoms with E-state index in [4.69, 9.17) is 21.1 Å². The summed E-state index contributed by atoms with van der Waals surface area (Å²) in [6, 6.07) is 1.63. The van der Waals surface area contributed by atoms with Crippen LogP contribution in [-0.4, -0.2) is 27.6 Å². The van der Waals surface area contributed by atoms with Gasteiger partial charge in [0.2, 0.25) is 5.75 Å². The molecule has 6 nitrogen and oxygen atoms in total. The number of nitrogens with one attached hydrogen (secondary N) is 1. The third kappa shape index (κ3) is 4.73. The molecule has 16 heteroatoms. The van der Waals surface area contributed by atoms with Crippen LogP contribution in [0.5, 0.6) is 17.2 Å². The summed E-state index contributed by atoms with van der Waals surface area (Å²) in [4.78, 5) is 17.5. The highest BCUT2D eigenvalue weighted by atomic mass is 35.5. The van der Waals surface area contributed by atoms with Crippen molar-refractivity contribution < 1.29 is 44.6 Å². The van der Waals surface area contributed by atoms with Gasteiger partial charge in [0.25, 0.3) is 5.56 Å². The average Bonchev–Trinajstić information content (AvgIpc) is 3.17. The van der Waals surface area contributed by atoms with Crippen LogP contribution < -0.4 is 15.0 Å². The number of ether oxygens (including phenoxy) is 2. The Morgan fingerprint density at radius 2 is 1.76 bits per heavy atom. The van der Waals surface area contributed by atoms with Gasteiger partial charge in [-0.15, -0.1) is 0 Å². The monoisotopic (exact) mass is 521 g/mol. The van der Waals surface area contributed by atoms with Gasteiger partial charge in [-0.05, 0) is 29.7 Å². The molecule has 0 unspecified atom stereocenters. The minimum atomic E-state index is -6.23. The smallest absolute Gasteiger partial charge is 0.459 e. The number of aromatic nitrogens is 3. The van der Waals surface area contributed by atoms with Crippen LogP contribution in [-0.2, 0) is 12.1 Å². The molecule has 2 heterocycles. The van der Waals surface area contributed by atoms with E-state index in [1.54, 1.807) is 0 Å². The number of benzene rings is 1. The second kappa shape index (κ2) is 8.44. The lowest BCUT2D eigenvalue weighted by molar-refractivity contribution is -0.291. The molecule has 0 fully saturated rings. The Balaban J connectivity index is 2.23. The van der Waals surface area contributed by atoms with Gasteiger partial charge in [0.1, 0.15) is 5.75 Å². The van der Waals surface area contributed by atoms with Crippen molar-refractivity contribution in [1.29, 1.82) is 0 Å². The van der Waals surface area contributed by atoms with Crippen LogP contribution in [0.3, 0.4) is 0 Å². The Hall–Kier alpha value is -2.94. The third-order valence-corrected chi connectivity index (χ3v) is 4.91. The Kier molecular flexibility index (Phi) is 6.32. The molecule has 2 aromatic heterocycles. The molecule has 0 aliphatic rings.